The molecule has 0 amide bonds. The highest BCUT2D eigenvalue weighted by Crippen LogP contribution is 2.37. The van der Waals surface area contributed by atoms with Crippen LogP contribution in [0, 0.1) is 6.92 Å². The zero-order valence-corrected chi connectivity index (χ0v) is 10.5. The largest absolute Gasteiger partial charge is 0.306 e. The van der Waals surface area contributed by atoms with E-state index in [1.165, 1.54) is 0 Å². The van der Waals surface area contributed by atoms with Gasteiger partial charge in [0.1, 0.15) is 5.15 Å². The first-order valence-corrected chi connectivity index (χ1v) is 5.98. The van der Waals surface area contributed by atoms with Crippen LogP contribution in [0.5, 0.6) is 0 Å². The molecule has 84 valence electrons. The zero-order valence-electron chi connectivity index (χ0n) is 8.98. The maximum absolute atomic E-state index is 6.13. The van der Waals surface area contributed by atoms with Gasteiger partial charge in [0.2, 0.25) is 0 Å². The van der Waals surface area contributed by atoms with Gasteiger partial charge >= 0.3 is 0 Å². The number of halogens is 2. The summed E-state index contributed by atoms with van der Waals surface area (Å²) in [6.07, 6.45) is 2.32. The van der Waals surface area contributed by atoms with Crippen LogP contribution >= 0.6 is 23.2 Å². The van der Waals surface area contributed by atoms with Gasteiger partial charge in [-0.25, -0.2) is 0 Å². The maximum Gasteiger partial charge on any atom is 0.131 e. The van der Waals surface area contributed by atoms with Crippen molar-refractivity contribution < 1.29 is 0 Å². The first kappa shape index (κ1) is 11.2. The minimum atomic E-state index is 0.160. The average molecular weight is 248 g/mol. The van der Waals surface area contributed by atoms with E-state index in [1.54, 1.807) is 4.68 Å². The second-order valence-electron chi connectivity index (χ2n) is 4.25. The van der Waals surface area contributed by atoms with Crippen LogP contribution < -0.4 is 5.32 Å². The fourth-order valence-corrected chi connectivity index (χ4v) is 2.26. The molecule has 0 atom stereocenters. The Bertz CT molecular complexity index is 369. The Morgan fingerprint density at radius 3 is 2.60 bits per heavy atom. The molecule has 1 fully saturated rings. The van der Waals surface area contributed by atoms with Gasteiger partial charge in [0.25, 0.3) is 0 Å². The van der Waals surface area contributed by atoms with Crippen LogP contribution in [0.15, 0.2) is 0 Å². The van der Waals surface area contributed by atoms with E-state index in [-0.39, 0.29) is 5.54 Å². The number of rotatable bonds is 4. The minimum absolute atomic E-state index is 0.160. The Kier molecular flexibility index (Phi) is 2.97. The number of nitrogens with zero attached hydrogens (tertiary/aromatic N) is 2. The van der Waals surface area contributed by atoms with Crippen molar-refractivity contribution in [3.63, 3.8) is 0 Å². The lowest BCUT2D eigenvalue weighted by Crippen LogP contribution is -2.32. The fraction of sp³-hybridized carbons (Fsp3) is 0.700. The predicted octanol–water partition coefficient (Wildman–Crippen LogP) is 2.24. The smallest absolute Gasteiger partial charge is 0.131 e. The highest BCUT2D eigenvalue weighted by molar-refractivity contribution is 6.30. The molecule has 1 aliphatic carbocycles. The first-order valence-electron chi connectivity index (χ1n) is 5.07. The summed E-state index contributed by atoms with van der Waals surface area (Å²) in [5.74, 6) is 0.671. The quantitative estimate of drug-likeness (QED) is 0.828. The van der Waals surface area contributed by atoms with Gasteiger partial charge < -0.3 is 5.32 Å². The molecule has 1 saturated carbocycles. The van der Waals surface area contributed by atoms with Gasteiger partial charge in [0, 0.05) is 30.6 Å². The second kappa shape index (κ2) is 3.96. The van der Waals surface area contributed by atoms with Crippen LogP contribution in [-0.4, -0.2) is 21.2 Å². The molecule has 1 aromatic heterocycles. The Balaban J connectivity index is 2.05. The van der Waals surface area contributed by atoms with Crippen molar-refractivity contribution in [2.75, 3.05) is 5.88 Å². The van der Waals surface area contributed by atoms with Gasteiger partial charge in [0.15, 0.2) is 0 Å². The molecule has 1 N–H and O–H groups in total. The molecule has 0 aliphatic heterocycles. The molecule has 5 heteroatoms. The second-order valence-corrected chi connectivity index (χ2v) is 4.87. The summed E-state index contributed by atoms with van der Waals surface area (Å²) in [7, 11) is 1.85. The maximum atomic E-state index is 6.13. The van der Waals surface area contributed by atoms with Gasteiger partial charge in [-0.05, 0) is 19.8 Å². The van der Waals surface area contributed by atoms with E-state index < -0.39 is 0 Å². The summed E-state index contributed by atoms with van der Waals surface area (Å²) in [5, 5.41) is 8.44. The topological polar surface area (TPSA) is 29.9 Å². The standard InChI is InChI=1S/C10H15Cl2N3/c1-7-8(9(12)15(2)14-7)5-13-10(6-11)3-4-10/h13H,3-6H2,1-2H3. The lowest BCUT2D eigenvalue weighted by molar-refractivity contribution is 0.542. The SMILES string of the molecule is Cc1nn(C)c(Cl)c1CNC1(CCl)CC1. The molecule has 0 radical (unpaired) electrons. The number of hydrogen-bond donors (Lipinski definition) is 1. The van der Waals surface area contributed by atoms with E-state index in [2.05, 4.69) is 10.4 Å². The third-order valence-electron chi connectivity index (χ3n) is 3.02. The molecule has 0 saturated heterocycles. The fourth-order valence-electron chi connectivity index (χ4n) is 1.66. The number of hydrogen-bond acceptors (Lipinski definition) is 2. The lowest BCUT2D eigenvalue weighted by Gasteiger charge is -2.13. The van der Waals surface area contributed by atoms with E-state index in [1.807, 2.05) is 14.0 Å². The van der Waals surface area contributed by atoms with E-state index in [0.717, 1.165) is 30.6 Å². The van der Waals surface area contributed by atoms with Crippen LogP contribution in [0.2, 0.25) is 5.15 Å². The first-order chi connectivity index (χ1) is 7.08. The van der Waals surface area contributed by atoms with Gasteiger partial charge in [-0.1, -0.05) is 11.6 Å². The summed E-state index contributed by atoms with van der Waals surface area (Å²) in [6.45, 7) is 2.73. The zero-order chi connectivity index (χ0) is 11.1. The normalized spacial score (nSPS) is 18.1. The molecular formula is C10H15Cl2N3. The van der Waals surface area contributed by atoms with Crippen molar-refractivity contribution in [2.45, 2.75) is 31.8 Å². The molecule has 1 aromatic rings. The summed E-state index contributed by atoms with van der Waals surface area (Å²) in [5.41, 5.74) is 2.23. The van der Waals surface area contributed by atoms with Crippen LogP contribution in [0.25, 0.3) is 0 Å². The van der Waals surface area contributed by atoms with Crippen LogP contribution in [0.4, 0.5) is 0 Å². The number of alkyl halides is 1. The van der Waals surface area contributed by atoms with Crippen molar-refractivity contribution in [1.82, 2.24) is 15.1 Å². The third kappa shape index (κ3) is 2.14. The molecule has 15 heavy (non-hydrogen) atoms. The van der Waals surface area contributed by atoms with Gasteiger partial charge in [0.05, 0.1) is 5.69 Å². The molecule has 0 spiro atoms. The molecule has 3 nitrogen and oxygen atoms in total. The van der Waals surface area contributed by atoms with Crippen molar-refractivity contribution in [2.24, 2.45) is 7.05 Å². The monoisotopic (exact) mass is 247 g/mol. The predicted molar refractivity (Wildman–Crippen MR) is 62.5 cm³/mol. The Morgan fingerprint density at radius 2 is 2.20 bits per heavy atom. The number of aromatic nitrogens is 2. The highest BCUT2D eigenvalue weighted by Gasteiger charge is 2.41. The average Bonchev–Trinajstić information content (AvgIpc) is 2.93. The van der Waals surface area contributed by atoms with E-state index in [4.69, 9.17) is 23.2 Å². The Hall–Kier alpha value is -0.250. The van der Waals surface area contributed by atoms with E-state index >= 15 is 0 Å². The van der Waals surface area contributed by atoms with E-state index in [0.29, 0.717) is 11.0 Å². The minimum Gasteiger partial charge on any atom is -0.306 e. The molecule has 1 heterocycles. The molecule has 0 unspecified atom stereocenters. The Morgan fingerprint density at radius 1 is 1.53 bits per heavy atom. The third-order valence-corrected chi connectivity index (χ3v) is 4.00. The Labute approximate surface area is 99.7 Å². The van der Waals surface area contributed by atoms with Gasteiger partial charge in [-0.3, -0.25) is 4.68 Å². The molecule has 2 rings (SSSR count). The number of aryl methyl sites for hydroxylation is 2. The summed E-state index contributed by atoms with van der Waals surface area (Å²) in [4.78, 5) is 0. The molecule has 0 aromatic carbocycles. The van der Waals surface area contributed by atoms with Gasteiger partial charge in [-0.2, -0.15) is 5.10 Å². The molecule has 1 aliphatic rings. The van der Waals surface area contributed by atoms with Crippen molar-refractivity contribution in [1.29, 1.82) is 0 Å². The highest BCUT2D eigenvalue weighted by atomic mass is 35.5. The van der Waals surface area contributed by atoms with Gasteiger partial charge in [-0.15, -0.1) is 11.6 Å². The summed E-state index contributed by atoms with van der Waals surface area (Å²) < 4.78 is 1.70. The van der Waals surface area contributed by atoms with Crippen molar-refractivity contribution >= 4 is 23.2 Å². The molecular weight excluding hydrogens is 233 g/mol. The van der Waals surface area contributed by atoms with Crippen LogP contribution in [0.1, 0.15) is 24.1 Å². The van der Waals surface area contributed by atoms with Crippen molar-refractivity contribution in [3.8, 4) is 0 Å². The summed E-state index contributed by atoms with van der Waals surface area (Å²) in [6, 6.07) is 0. The van der Waals surface area contributed by atoms with Crippen LogP contribution in [0.3, 0.4) is 0 Å². The lowest BCUT2D eigenvalue weighted by atomic mass is 10.2. The van der Waals surface area contributed by atoms with Crippen molar-refractivity contribution in [3.05, 3.63) is 16.4 Å². The number of nitrogens with one attached hydrogen (secondary N) is 1. The van der Waals surface area contributed by atoms with Crippen LogP contribution in [-0.2, 0) is 13.6 Å². The molecule has 0 bridgehead atoms. The summed E-state index contributed by atoms with van der Waals surface area (Å²) >= 11 is 12.0. The van der Waals surface area contributed by atoms with E-state index in [9.17, 15) is 0 Å².